The van der Waals surface area contributed by atoms with Gasteiger partial charge in [0.15, 0.2) is 0 Å². The lowest BCUT2D eigenvalue weighted by molar-refractivity contribution is 0.164. The summed E-state index contributed by atoms with van der Waals surface area (Å²) >= 11 is 0. The molecule has 0 radical (unpaired) electrons. The molecule has 1 unspecified atom stereocenters. The van der Waals surface area contributed by atoms with Crippen LogP contribution < -0.4 is 0 Å². The molecule has 0 spiro atoms. The smallest absolute Gasteiger partial charge is 0.262 e. The number of hydrogen-bond acceptors (Lipinski definition) is 3. The maximum atomic E-state index is 12.1. The lowest BCUT2D eigenvalue weighted by atomic mass is 10.1. The van der Waals surface area contributed by atoms with E-state index in [1.165, 1.54) is 12.1 Å². The Bertz CT molecular complexity index is 562. The lowest BCUT2D eigenvalue weighted by Gasteiger charge is -2.18. The van der Waals surface area contributed by atoms with Gasteiger partial charge in [-0.2, -0.15) is 8.42 Å². The molecule has 98 valence electrons. The normalized spacial score (nSPS) is 14.7. The van der Waals surface area contributed by atoms with Crippen molar-refractivity contribution in [2.75, 3.05) is 0 Å². The van der Waals surface area contributed by atoms with Crippen LogP contribution in [0.5, 0.6) is 0 Å². The van der Waals surface area contributed by atoms with E-state index in [0.717, 1.165) is 5.56 Å². The van der Waals surface area contributed by atoms with Crippen molar-refractivity contribution in [2.45, 2.75) is 38.2 Å². The summed E-state index contributed by atoms with van der Waals surface area (Å²) in [6.45, 7) is 5.00. The molecule has 0 heterocycles. The zero-order chi connectivity index (χ0) is 14.7. The van der Waals surface area contributed by atoms with Crippen molar-refractivity contribution in [3.8, 4) is 12.3 Å². The van der Waals surface area contributed by atoms with Crippen LogP contribution in [0.3, 0.4) is 0 Å². The minimum absolute atomic E-state index is 0.0710. The molecule has 0 saturated carbocycles. The predicted octanol–water partition coefficient (Wildman–Crippen LogP) is 2.75. The van der Waals surface area contributed by atoms with Gasteiger partial charge in [0.1, 0.15) is 0 Å². The average molecular weight is 267 g/mol. The molecule has 1 aromatic rings. The highest BCUT2D eigenvalue weighted by atomic mass is 32.2. The molecular weight excluding hydrogens is 248 g/mol. The molecular formula is C14H18O3S. The Kier molecular flexibility index (Phi) is 4.40. The average Bonchev–Trinajstić information content (AvgIpc) is 2.27. The molecule has 0 aliphatic rings. The van der Waals surface area contributed by atoms with Crippen LogP contribution in [0.4, 0.5) is 0 Å². The van der Waals surface area contributed by atoms with Gasteiger partial charge in [0, 0.05) is 7.79 Å². The number of benzene rings is 1. The Hall–Kier alpha value is -1.31. The van der Waals surface area contributed by atoms with Crippen LogP contribution in [0.1, 0.15) is 27.2 Å². The zero-order valence-corrected chi connectivity index (χ0v) is 11.6. The van der Waals surface area contributed by atoms with E-state index in [2.05, 4.69) is 5.92 Å². The van der Waals surface area contributed by atoms with Crippen LogP contribution in [-0.2, 0) is 14.3 Å². The van der Waals surface area contributed by atoms with Gasteiger partial charge in [-0.3, -0.25) is 4.18 Å². The van der Waals surface area contributed by atoms with Crippen LogP contribution in [0, 0.1) is 25.2 Å². The minimum Gasteiger partial charge on any atom is -0.262 e. The highest BCUT2D eigenvalue weighted by Crippen LogP contribution is 2.19. The number of rotatable bonds is 5. The van der Waals surface area contributed by atoms with E-state index in [1.54, 1.807) is 26.0 Å². The second kappa shape index (κ2) is 6.03. The standard InChI is InChI=1S/C14H18O3S/c1-5-6-14(11(2)3)17-18(15,16)13-9-7-12(4)8-10-13/h1,7-11,14H,6H2,2-4H3/i11D. The van der Waals surface area contributed by atoms with Crippen LogP contribution in [0.15, 0.2) is 29.2 Å². The predicted molar refractivity (Wildman–Crippen MR) is 71.5 cm³/mol. The Morgan fingerprint density at radius 1 is 1.39 bits per heavy atom. The number of hydrogen-bond donors (Lipinski definition) is 0. The van der Waals surface area contributed by atoms with Crippen molar-refractivity contribution in [1.82, 2.24) is 0 Å². The van der Waals surface area contributed by atoms with Crippen molar-refractivity contribution in [3.63, 3.8) is 0 Å². The molecule has 0 amide bonds. The Morgan fingerprint density at radius 2 is 1.94 bits per heavy atom. The van der Waals surface area contributed by atoms with Crippen LogP contribution >= 0.6 is 0 Å². The Labute approximate surface area is 111 Å². The topological polar surface area (TPSA) is 43.4 Å². The van der Waals surface area contributed by atoms with E-state index in [0.29, 0.717) is 0 Å². The first-order valence-corrected chi connectivity index (χ1v) is 7.01. The highest BCUT2D eigenvalue weighted by Gasteiger charge is 2.23. The van der Waals surface area contributed by atoms with Crippen molar-refractivity contribution < 1.29 is 14.0 Å². The molecule has 1 rings (SSSR count). The maximum absolute atomic E-state index is 12.1. The van der Waals surface area contributed by atoms with Crippen LogP contribution in [-0.4, -0.2) is 14.5 Å². The highest BCUT2D eigenvalue weighted by molar-refractivity contribution is 7.86. The molecule has 1 aromatic carbocycles. The summed E-state index contributed by atoms with van der Waals surface area (Å²) in [5.41, 5.74) is 0.958. The molecule has 4 heteroatoms. The molecule has 3 nitrogen and oxygen atoms in total. The molecule has 0 bridgehead atoms. The minimum atomic E-state index is -3.90. The van der Waals surface area contributed by atoms with Gasteiger partial charge in [0.2, 0.25) is 0 Å². The van der Waals surface area contributed by atoms with E-state index >= 15 is 0 Å². The summed E-state index contributed by atoms with van der Waals surface area (Å²) in [7, 11) is -3.90. The summed E-state index contributed by atoms with van der Waals surface area (Å²) < 4.78 is 37.2. The van der Waals surface area contributed by atoms with Crippen LogP contribution in [0.2, 0.25) is 0 Å². The van der Waals surface area contributed by atoms with E-state index in [4.69, 9.17) is 12.0 Å². The first kappa shape index (κ1) is 13.1. The third-order valence-corrected chi connectivity index (χ3v) is 3.83. The fourth-order valence-electron chi connectivity index (χ4n) is 1.35. The molecule has 0 aliphatic carbocycles. The summed E-state index contributed by atoms with van der Waals surface area (Å²) in [5, 5.41) is 0. The van der Waals surface area contributed by atoms with Crippen molar-refractivity contribution in [2.24, 2.45) is 5.89 Å². The van der Waals surface area contributed by atoms with Gasteiger partial charge in [-0.15, -0.1) is 12.3 Å². The second-order valence-electron chi connectivity index (χ2n) is 4.34. The van der Waals surface area contributed by atoms with E-state index in [-0.39, 0.29) is 11.3 Å². The third kappa shape index (κ3) is 3.86. The van der Waals surface area contributed by atoms with Gasteiger partial charge in [-0.1, -0.05) is 31.5 Å². The van der Waals surface area contributed by atoms with Gasteiger partial charge in [-0.25, -0.2) is 0 Å². The summed E-state index contributed by atoms with van der Waals surface area (Å²) in [4.78, 5) is 0.0735. The fourth-order valence-corrected chi connectivity index (χ4v) is 2.50. The summed E-state index contributed by atoms with van der Waals surface area (Å²) in [6, 6.07) is 6.35. The van der Waals surface area contributed by atoms with E-state index in [1.807, 2.05) is 6.92 Å². The summed E-state index contributed by atoms with van der Waals surface area (Å²) in [6.07, 6.45) is 4.39. The molecule has 0 N–H and O–H groups in total. The quantitative estimate of drug-likeness (QED) is 0.608. The Morgan fingerprint density at radius 3 is 2.39 bits per heavy atom. The molecule has 1 atom stereocenters. The molecule has 0 fully saturated rings. The molecule has 0 aliphatic heterocycles. The summed E-state index contributed by atoms with van der Waals surface area (Å²) in [5.74, 6) is 1.25. The maximum Gasteiger partial charge on any atom is 0.297 e. The SMILES string of the molecule is [2H]C(C)(C)C(CC#C)OS(=O)(=O)c1ccc(C)cc1. The molecule has 0 saturated heterocycles. The number of terminal acetylenes is 1. The van der Waals surface area contributed by atoms with Crippen molar-refractivity contribution >= 4 is 10.1 Å². The molecule has 0 aromatic heterocycles. The third-order valence-electron chi connectivity index (χ3n) is 2.50. The first-order chi connectivity index (χ1) is 8.66. The van der Waals surface area contributed by atoms with Gasteiger partial charge < -0.3 is 0 Å². The van der Waals surface area contributed by atoms with Crippen LogP contribution in [0.25, 0.3) is 0 Å². The van der Waals surface area contributed by atoms with Gasteiger partial charge >= 0.3 is 0 Å². The van der Waals surface area contributed by atoms with Gasteiger partial charge in [0.05, 0.1) is 11.0 Å². The zero-order valence-electron chi connectivity index (χ0n) is 11.8. The number of aryl methyl sites for hydroxylation is 1. The van der Waals surface area contributed by atoms with E-state index < -0.39 is 22.1 Å². The van der Waals surface area contributed by atoms with Crippen molar-refractivity contribution in [3.05, 3.63) is 29.8 Å². The van der Waals surface area contributed by atoms with Crippen molar-refractivity contribution in [1.29, 1.82) is 0 Å². The fraction of sp³-hybridized carbons (Fsp3) is 0.429. The monoisotopic (exact) mass is 267 g/mol. The van der Waals surface area contributed by atoms with Gasteiger partial charge in [-0.05, 0) is 25.0 Å². The van der Waals surface area contributed by atoms with Gasteiger partial charge in [0.25, 0.3) is 10.1 Å². The first-order valence-electron chi connectivity index (χ1n) is 6.10. The molecule has 18 heavy (non-hydrogen) atoms. The Balaban J connectivity index is 3.01. The largest absolute Gasteiger partial charge is 0.297 e. The lowest BCUT2D eigenvalue weighted by Crippen LogP contribution is -2.23. The second-order valence-corrected chi connectivity index (χ2v) is 5.91. The van der Waals surface area contributed by atoms with E-state index in [9.17, 15) is 8.42 Å².